The minimum atomic E-state index is -0.250. The van der Waals surface area contributed by atoms with E-state index in [-0.39, 0.29) is 6.04 Å². The summed E-state index contributed by atoms with van der Waals surface area (Å²) >= 11 is 0. The van der Waals surface area contributed by atoms with Crippen molar-refractivity contribution in [2.45, 2.75) is 6.04 Å². The molecule has 0 fully saturated rings. The molecule has 0 bridgehead atoms. The fourth-order valence-corrected chi connectivity index (χ4v) is 1.53. The van der Waals surface area contributed by atoms with Crippen molar-refractivity contribution in [3.05, 3.63) is 30.2 Å². The maximum atomic E-state index is 9.03. The molecule has 0 saturated heterocycles. The molecule has 2 rings (SSSR count). The van der Waals surface area contributed by atoms with Crippen molar-refractivity contribution in [2.24, 2.45) is 0 Å². The van der Waals surface area contributed by atoms with Crippen molar-refractivity contribution < 1.29 is 4.42 Å². The van der Waals surface area contributed by atoms with Crippen LogP contribution in [0, 0.1) is 11.3 Å². The van der Waals surface area contributed by atoms with Gasteiger partial charge in [0.25, 0.3) is 0 Å². The van der Waals surface area contributed by atoms with Crippen LogP contribution < -0.4 is 0 Å². The summed E-state index contributed by atoms with van der Waals surface area (Å²) in [6.07, 6.45) is 1.41. The first-order valence-electron chi connectivity index (χ1n) is 4.61. The van der Waals surface area contributed by atoms with Crippen LogP contribution in [0.5, 0.6) is 0 Å². The molecule has 1 aromatic heterocycles. The molecule has 1 aromatic carbocycles. The second-order valence-electron chi connectivity index (χ2n) is 3.57. The van der Waals surface area contributed by atoms with Crippen molar-refractivity contribution in [3.8, 4) is 6.07 Å². The highest BCUT2D eigenvalue weighted by molar-refractivity contribution is 5.73. The van der Waals surface area contributed by atoms with Crippen molar-refractivity contribution in [1.82, 2.24) is 9.88 Å². The monoisotopic (exact) mass is 201 g/mol. The van der Waals surface area contributed by atoms with Gasteiger partial charge in [0, 0.05) is 0 Å². The third kappa shape index (κ3) is 1.69. The zero-order valence-electron chi connectivity index (χ0n) is 8.64. The molecular formula is C11H11N3O. The molecule has 1 unspecified atom stereocenters. The van der Waals surface area contributed by atoms with Crippen LogP contribution in [0.4, 0.5) is 0 Å². The molecule has 2 aromatic rings. The summed E-state index contributed by atoms with van der Waals surface area (Å²) < 4.78 is 5.19. The van der Waals surface area contributed by atoms with Crippen LogP contribution in [-0.2, 0) is 0 Å². The topological polar surface area (TPSA) is 53.1 Å². The van der Waals surface area contributed by atoms with Crippen LogP contribution in [-0.4, -0.2) is 24.0 Å². The number of aromatic nitrogens is 1. The number of hydrogen-bond donors (Lipinski definition) is 0. The van der Waals surface area contributed by atoms with Gasteiger partial charge in [-0.3, -0.25) is 4.90 Å². The zero-order valence-corrected chi connectivity index (χ0v) is 8.64. The quantitative estimate of drug-likeness (QED) is 0.745. The van der Waals surface area contributed by atoms with Crippen LogP contribution in [0.2, 0.25) is 0 Å². The Labute approximate surface area is 87.7 Å². The summed E-state index contributed by atoms with van der Waals surface area (Å²) in [5.41, 5.74) is 2.45. The normalized spacial score (nSPS) is 12.9. The van der Waals surface area contributed by atoms with E-state index >= 15 is 0 Å². The minimum Gasteiger partial charge on any atom is -0.443 e. The molecule has 4 nitrogen and oxygen atoms in total. The first-order valence-corrected chi connectivity index (χ1v) is 4.61. The molecule has 0 spiro atoms. The van der Waals surface area contributed by atoms with Crippen LogP contribution in [0.25, 0.3) is 11.1 Å². The van der Waals surface area contributed by atoms with Crippen LogP contribution in [0.3, 0.4) is 0 Å². The molecule has 0 amide bonds. The predicted octanol–water partition coefficient (Wildman–Crippen LogP) is 1.95. The fraction of sp³-hybridized carbons (Fsp3) is 0.273. The maximum Gasteiger partial charge on any atom is 0.181 e. The summed E-state index contributed by atoms with van der Waals surface area (Å²) in [6, 6.07) is 7.61. The third-order valence-corrected chi connectivity index (χ3v) is 2.31. The van der Waals surface area contributed by atoms with Crippen LogP contribution >= 0.6 is 0 Å². The van der Waals surface area contributed by atoms with Crippen molar-refractivity contribution >= 4 is 11.1 Å². The highest BCUT2D eigenvalue weighted by Crippen LogP contribution is 2.21. The van der Waals surface area contributed by atoms with Gasteiger partial charge in [0.1, 0.15) is 11.6 Å². The van der Waals surface area contributed by atoms with Gasteiger partial charge in [-0.15, -0.1) is 0 Å². The Bertz CT molecular complexity index is 510. The van der Waals surface area contributed by atoms with E-state index in [1.54, 1.807) is 0 Å². The van der Waals surface area contributed by atoms with Crippen molar-refractivity contribution in [2.75, 3.05) is 14.1 Å². The van der Waals surface area contributed by atoms with Crippen LogP contribution in [0.15, 0.2) is 29.0 Å². The Kier molecular flexibility index (Phi) is 2.40. The lowest BCUT2D eigenvalue weighted by molar-refractivity contribution is 0.358. The highest BCUT2D eigenvalue weighted by atomic mass is 16.3. The summed E-state index contributed by atoms with van der Waals surface area (Å²) in [4.78, 5) is 5.89. The van der Waals surface area contributed by atoms with Gasteiger partial charge < -0.3 is 4.42 Å². The number of fused-ring (bicyclic) bond motifs is 1. The average molecular weight is 201 g/mol. The molecule has 0 aliphatic heterocycles. The minimum absolute atomic E-state index is 0.250. The number of nitriles is 1. The fourth-order valence-electron chi connectivity index (χ4n) is 1.53. The summed E-state index contributed by atoms with van der Waals surface area (Å²) in [5, 5.41) is 9.03. The molecule has 0 radical (unpaired) electrons. The molecule has 0 aliphatic carbocycles. The van der Waals surface area contributed by atoms with Gasteiger partial charge in [-0.1, -0.05) is 6.07 Å². The van der Waals surface area contributed by atoms with E-state index < -0.39 is 0 Å². The highest BCUT2D eigenvalue weighted by Gasteiger charge is 2.13. The molecular weight excluding hydrogens is 190 g/mol. The Morgan fingerprint density at radius 1 is 1.47 bits per heavy atom. The number of oxazole rings is 1. The Balaban J connectivity index is 2.47. The Morgan fingerprint density at radius 2 is 2.27 bits per heavy atom. The molecule has 15 heavy (non-hydrogen) atoms. The lowest BCUT2D eigenvalue weighted by Gasteiger charge is -2.16. The lowest BCUT2D eigenvalue weighted by atomic mass is 10.1. The zero-order chi connectivity index (χ0) is 10.8. The van der Waals surface area contributed by atoms with Gasteiger partial charge >= 0.3 is 0 Å². The lowest BCUT2D eigenvalue weighted by Crippen LogP contribution is -2.18. The second kappa shape index (κ2) is 3.71. The Hall–Kier alpha value is -1.86. The molecule has 1 atom stereocenters. The van der Waals surface area contributed by atoms with E-state index in [2.05, 4.69) is 11.1 Å². The predicted molar refractivity (Wildman–Crippen MR) is 56.1 cm³/mol. The summed E-state index contributed by atoms with van der Waals surface area (Å²) in [5.74, 6) is 0. The largest absolute Gasteiger partial charge is 0.443 e. The standard InChI is InChI=1S/C11H11N3O/c1-14(2)10(6-12)8-3-4-9-11(5-8)15-7-13-9/h3-5,7,10H,1-2H3. The summed E-state index contributed by atoms with van der Waals surface area (Å²) in [7, 11) is 3.75. The van der Waals surface area contributed by atoms with Crippen molar-refractivity contribution in [3.63, 3.8) is 0 Å². The smallest absolute Gasteiger partial charge is 0.181 e. The van der Waals surface area contributed by atoms with Crippen LogP contribution in [0.1, 0.15) is 11.6 Å². The van der Waals surface area contributed by atoms with Crippen molar-refractivity contribution in [1.29, 1.82) is 5.26 Å². The third-order valence-electron chi connectivity index (χ3n) is 2.31. The molecule has 0 aliphatic rings. The van der Waals surface area contributed by atoms with E-state index in [0.717, 1.165) is 16.7 Å². The van der Waals surface area contributed by atoms with Gasteiger partial charge in [-0.2, -0.15) is 5.26 Å². The average Bonchev–Trinajstić information content (AvgIpc) is 2.65. The SMILES string of the molecule is CN(C)C(C#N)c1ccc2ncoc2c1. The second-order valence-corrected chi connectivity index (χ2v) is 3.57. The van der Waals surface area contributed by atoms with E-state index in [1.807, 2.05) is 37.2 Å². The molecule has 4 heteroatoms. The number of hydrogen-bond acceptors (Lipinski definition) is 4. The first-order chi connectivity index (χ1) is 7.22. The number of benzene rings is 1. The van der Waals surface area contributed by atoms with Gasteiger partial charge in [0.2, 0.25) is 0 Å². The maximum absolute atomic E-state index is 9.03. The first kappa shape index (κ1) is 9.69. The summed E-state index contributed by atoms with van der Waals surface area (Å²) in [6.45, 7) is 0. The Morgan fingerprint density at radius 3 is 2.93 bits per heavy atom. The molecule has 76 valence electrons. The van der Waals surface area contributed by atoms with E-state index in [1.165, 1.54) is 6.39 Å². The number of rotatable bonds is 2. The van der Waals surface area contributed by atoms with Gasteiger partial charge in [-0.25, -0.2) is 4.98 Å². The van der Waals surface area contributed by atoms with E-state index in [9.17, 15) is 0 Å². The van der Waals surface area contributed by atoms with E-state index in [4.69, 9.17) is 9.68 Å². The molecule has 0 saturated carbocycles. The number of nitrogens with zero attached hydrogens (tertiary/aromatic N) is 3. The van der Waals surface area contributed by atoms with Gasteiger partial charge in [-0.05, 0) is 31.8 Å². The van der Waals surface area contributed by atoms with Gasteiger partial charge in [0.05, 0.1) is 6.07 Å². The molecule has 0 N–H and O–H groups in total. The van der Waals surface area contributed by atoms with E-state index in [0.29, 0.717) is 0 Å². The van der Waals surface area contributed by atoms with Gasteiger partial charge in [0.15, 0.2) is 12.0 Å². The molecule has 1 heterocycles.